The summed E-state index contributed by atoms with van der Waals surface area (Å²) in [6, 6.07) is 18.5. The smallest absolute Gasteiger partial charge is 0.333 e. The van der Waals surface area contributed by atoms with Crippen LogP contribution in [0.2, 0.25) is 0 Å². The molecule has 7 heteroatoms. The lowest BCUT2D eigenvalue weighted by atomic mass is 9.67. The summed E-state index contributed by atoms with van der Waals surface area (Å²) in [5.74, 6) is 3.43. The van der Waals surface area contributed by atoms with Gasteiger partial charge in [0.2, 0.25) is 0 Å². The lowest BCUT2D eigenvalue weighted by Gasteiger charge is -2.38. The van der Waals surface area contributed by atoms with Gasteiger partial charge in [-0.25, -0.2) is 9.59 Å². The summed E-state index contributed by atoms with van der Waals surface area (Å²) in [5.41, 5.74) is 11.0. The maximum Gasteiger partial charge on any atom is 0.333 e. The van der Waals surface area contributed by atoms with Gasteiger partial charge in [0.25, 0.3) is 0 Å². The first-order chi connectivity index (χ1) is 31.8. The average molecular weight is 905 g/mol. The van der Waals surface area contributed by atoms with E-state index in [1.165, 1.54) is 99.3 Å². The van der Waals surface area contributed by atoms with E-state index < -0.39 is 17.4 Å². The van der Waals surface area contributed by atoms with Crippen LogP contribution in [0.5, 0.6) is 5.75 Å². The Hall–Kier alpha value is -4.20. The van der Waals surface area contributed by atoms with Crippen molar-refractivity contribution in [1.82, 2.24) is 0 Å². The highest BCUT2D eigenvalue weighted by atomic mass is 16.5. The van der Waals surface area contributed by atoms with Gasteiger partial charge >= 0.3 is 11.9 Å². The van der Waals surface area contributed by atoms with E-state index in [0.29, 0.717) is 55.8 Å². The van der Waals surface area contributed by atoms with Crippen LogP contribution in [0, 0.1) is 23.2 Å². The number of aryl methyl sites for hydroxylation is 4. The lowest BCUT2D eigenvalue weighted by Crippen LogP contribution is -2.28. The fourth-order valence-electron chi connectivity index (χ4n) is 10.5. The van der Waals surface area contributed by atoms with Gasteiger partial charge in [-0.05, 0) is 183 Å². The highest BCUT2D eigenvalue weighted by molar-refractivity contribution is 5.87. The average Bonchev–Trinajstić information content (AvgIpc) is 3.34. The van der Waals surface area contributed by atoms with Crippen molar-refractivity contribution >= 4 is 11.9 Å². The van der Waals surface area contributed by atoms with Crippen LogP contribution in [0.15, 0.2) is 72.8 Å². The molecule has 362 valence electrons. The Labute approximate surface area is 398 Å². The van der Waals surface area contributed by atoms with Crippen molar-refractivity contribution in [1.29, 1.82) is 0 Å². The molecule has 0 atom stereocenters. The number of rotatable bonds is 26. The molecule has 3 aromatic rings. The van der Waals surface area contributed by atoms with Crippen LogP contribution in [0.1, 0.15) is 172 Å². The highest BCUT2D eigenvalue weighted by Crippen LogP contribution is 2.46. The Morgan fingerprint density at radius 1 is 0.636 bits per heavy atom. The molecule has 2 fully saturated rings. The standard InChI is InChI=1S/C59H84O7/c1-9-12-13-16-43-19-21-46(22-20-43)47-23-25-48(26-24-47)54-29-27-49(35-44(54)10-2)50-28-30-55(45(11-3)36-50)53-37-51(17-14-32-65-57(62)41(4)5)56(64-34-31-59(8,39-60)40-61)52(38-53)18-15-33-66-58(63)42(6)7/h27-30,35-38,43,46-48,60-61H,4,6,9-26,31-34,39-40H2,1-3,5,7-8H3. The Morgan fingerprint density at radius 2 is 1.15 bits per heavy atom. The largest absolute Gasteiger partial charge is 0.493 e. The molecule has 5 rings (SSSR count). The minimum atomic E-state index is -0.685. The molecule has 2 saturated carbocycles. The van der Waals surface area contributed by atoms with Crippen LogP contribution in [0.3, 0.4) is 0 Å². The second-order valence-electron chi connectivity index (χ2n) is 20.3. The monoisotopic (exact) mass is 905 g/mol. The number of hydrogen-bond donors (Lipinski definition) is 2. The zero-order valence-electron chi connectivity index (χ0n) is 41.7. The van der Waals surface area contributed by atoms with Gasteiger partial charge in [-0.2, -0.15) is 0 Å². The van der Waals surface area contributed by atoms with Gasteiger partial charge in [0.1, 0.15) is 5.75 Å². The van der Waals surface area contributed by atoms with Crippen LogP contribution in [0.4, 0.5) is 0 Å². The number of ether oxygens (including phenoxy) is 3. The van der Waals surface area contributed by atoms with Gasteiger partial charge in [-0.3, -0.25) is 0 Å². The molecule has 0 spiro atoms. The SMILES string of the molecule is C=C(C)C(=O)OCCCc1cc(-c2ccc(-c3ccc(C4CCC(C5CCC(CCCCC)CC5)CC4)c(CC)c3)cc2CC)cc(CCCOC(=O)C(=C)C)c1OCCC(C)(CO)CO. The highest BCUT2D eigenvalue weighted by Gasteiger charge is 2.32. The van der Waals surface area contributed by atoms with Gasteiger partial charge in [0.05, 0.1) is 33.0 Å². The second-order valence-corrected chi connectivity index (χ2v) is 20.3. The summed E-state index contributed by atoms with van der Waals surface area (Å²) in [6.07, 6.45) is 21.5. The molecule has 0 aromatic heterocycles. The van der Waals surface area contributed by atoms with E-state index in [0.717, 1.165) is 58.6 Å². The number of hydrogen-bond acceptors (Lipinski definition) is 7. The van der Waals surface area contributed by atoms with Gasteiger partial charge in [-0.15, -0.1) is 0 Å². The summed E-state index contributed by atoms with van der Waals surface area (Å²) in [7, 11) is 0. The second kappa shape index (κ2) is 26.4. The van der Waals surface area contributed by atoms with Crippen molar-refractivity contribution in [3.63, 3.8) is 0 Å². The number of aliphatic hydroxyl groups is 2. The quantitative estimate of drug-likeness (QED) is 0.0470. The van der Waals surface area contributed by atoms with Gasteiger partial charge < -0.3 is 24.4 Å². The fraction of sp³-hybridized carbons (Fsp3) is 0.593. The van der Waals surface area contributed by atoms with Gasteiger partial charge in [0, 0.05) is 16.6 Å². The fourth-order valence-corrected chi connectivity index (χ4v) is 10.5. The Kier molecular flexibility index (Phi) is 21.1. The summed E-state index contributed by atoms with van der Waals surface area (Å²) >= 11 is 0. The van der Waals surface area contributed by atoms with Gasteiger partial charge in [-0.1, -0.05) is 116 Å². The van der Waals surface area contributed by atoms with E-state index in [4.69, 9.17) is 14.2 Å². The topological polar surface area (TPSA) is 102 Å². The van der Waals surface area contributed by atoms with Crippen LogP contribution in [0.25, 0.3) is 22.3 Å². The molecule has 3 aromatic carbocycles. The summed E-state index contributed by atoms with van der Waals surface area (Å²) < 4.78 is 17.6. The predicted molar refractivity (Wildman–Crippen MR) is 271 cm³/mol. The number of esters is 2. The van der Waals surface area contributed by atoms with E-state index in [-0.39, 0.29) is 26.4 Å². The Balaban J connectivity index is 1.38. The molecule has 0 unspecified atom stereocenters. The number of carbonyl (C=O) groups excluding carboxylic acids is 2. The number of benzene rings is 3. The van der Waals surface area contributed by atoms with E-state index in [2.05, 4.69) is 82.5 Å². The van der Waals surface area contributed by atoms with Crippen molar-refractivity contribution in [2.75, 3.05) is 33.0 Å². The Bertz CT molecular complexity index is 1990. The van der Waals surface area contributed by atoms with Crippen molar-refractivity contribution < 1.29 is 34.0 Å². The predicted octanol–water partition coefficient (Wildman–Crippen LogP) is 13.7. The van der Waals surface area contributed by atoms with Gasteiger partial charge in [0.15, 0.2) is 0 Å². The lowest BCUT2D eigenvalue weighted by molar-refractivity contribution is -0.139. The molecule has 0 amide bonds. The van der Waals surface area contributed by atoms with Crippen LogP contribution in [-0.4, -0.2) is 55.2 Å². The Morgan fingerprint density at radius 3 is 1.67 bits per heavy atom. The minimum absolute atomic E-state index is 0.158. The van der Waals surface area contributed by atoms with Crippen LogP contribution >= 0.6 is 0 Å². The maximum atomic E-state index is 12.2. The van der Waals surface area contributed by atoms with E-state index >= 15 is 0 Å². The van der Waals surface area contributed by atoms with Crippen LogP contribution < -0.4 is 4.74 Å². The van der Waals surface area contributed by atoms with Crippen LogP contribution in [-0.2, 0) is 44.7 Å². The van der Waals surface area contributed by atoms with E-state index in [9.17, 15) is 19.8 Å². The molecule has 2 aliphatic rings. The van der Waals surface area contributed by atoms with Crippen molar-refractivity contribution in [3.8, 4) is 28.0 Å². The van der Waals surface area contributed by atoms with Crippen molar-refractivity contribution in [3.05, 3.63) is 101 Å². The molecule has 0 heterocycles. The van der Waals surface area contributed by atoms with E-state index in [1.807, 2.05) is 6.92 Å². The molecule has 0 bridgehead atoms. The number of aliphatic hydroxyl groups excluding tert-OH is 2. The molecule has 2 aliphatic carbocycles. The third-order valence-electron chi connectivity index (χ3n) is 14.9. The first-order valence-electron chi connectivity index (χ1n) is 25.7. The summed E-state index contributed by atoms with van der Waals surface area (Å²) in [5, 5.41) is 20.0. The molecule has 0 radical (unpaired) electrons. The van der Waals surface area contributed by atoms with Crippen molar-refractivity contribution in [2.45, 2.75) is 169 Å². The molecule has 7 nitrogen and oxygen atoms in total. The molecule has 2 N–H and O–H groups in total. The number of carbonyl (C=O) groups is 2. The maximum absolute atomic E-state index is 12.2. The normalized spacial score (nSPS) is 18.7. The third-order valence-corrected chi connectivity index (χ3v) is 14.9. The summed E-state index contributed by atoms with van der Waals surface area (Å²) in [6.45, 7) is 19.9. The molecule has 0 aliphatic heterocycles. The molecule has 0 saturated heterocycles. The third kappa shape index (κ3) is 14.9. The molecular formula is C59H84O7. The van der Waals surface area contributed by atoms with E-state index in [1.54, 1.807) is 19.4 Å². The molecule has 66 heavy (non-hydrogen) atoms. The zero-order valence-corrected chi connectivity index (χ0v) is 41.7. The first-order valence-corrected chi connectivity index (χ1v) is 25.7. The zero-order chi connectivity index (χ0) is 47.6. The molecular weight excluding hydrogens is 821 g/mol. The number of unbranched alkanes of at least 4 members (excludes halogenated alkanes) is 2. The first kappa shape index (κ1) is 52.8. The summed E-state index contributed by atoms with van der Waals surface area (Å²) in [4.78, 5) is 24.5. The minimum Gasteiger partial charge on any atom is -0.493 e. The van der Waals surface area contributed by atoms with Crippen molar-refractivity contribution in [2.24, 2.45) is 23.2 Å².